The molecule has 0 spiro atoms. The molecule has 0 bridgehead atoms. The summed E-state index contributed by atoms with van der Waals surface area (Å²) in [6.45, 7) is 11.6. The zero-order valence-electron chi connectivity index (χ0n) is 47.1. The Morgan fingerprint density at radius 1 is 0.633 bits per heavy atom. The lowest BCUT2D eigenvalue weighted by atomic mass is 9.41. The molecule has 4 saturated carbocycles. The van der Waals surface area contributed by atoms with Crippen molar-refractivity contribution in [2.24, 2.45) is 34.5 Å². The van der Waals surface area contributed by atoms with Crippen LogP contribution in [0.2, 0.25) is 0 Å². The van der Waals surface area contributed by atoms with Crippen molar-refractivity contribution in [1.82, 2.24) is 0 Å². The number of ketones is 1. The number of ether oxygens (including phenoxy) is 13. The lowest BCUT2D eigenvalue weighted by molar-refractivity contribution is -0.373. The summed E-state index contributed by atoms with van der Waals surface area (Å²) in [6.07, 6.45) is -15.6. The largest absolute Gasteiger partial charge is 0.458 e. The molecule has 6 N–H and O–H groups in total. The van der Waals surface area contributed by atoms with E-state index in [4.69, 9.17) is 61.6 Å². The molecule has 9 rings (SSSR count). The van der Waals surface area contributed by atoms with E-state index in [1.165, 1.54) is 28.1 Å². The molecule has 0 aromatic heterocycles. The summed E-state index contributed by atoms with van der Waals surface area (Å²) in [4.78, 5) is 40.6. The molecule has 0 radical (unpaired) electrons. The molecule has 4 heterocycles. The number of benzene rings is 1. The SMILES string of the molecule is COC1CC(OC2CCC3(C)C(CCC4C3C(OC(=O)c3ccccc3)C(OC(C)=O)C3(C)C(C(C)=O)CCC43O)C2)OC(C)C1OC1CC(OC)C(OC2OC(C)C(OC3OC(CO)C(O)C(O)C3O)C(OC)C2O)C(C)O1. The second kappa shape index (κ2) is 24.4. The average Bonchev–Trinajstić information content (AvgIpc) is 2.69. The van der Waals surface area contributed by atoms with Crippen LogP contribution in [0.4, 0.5) is 0 Å². The molecule has 22 nitrogen and oxygen atoms in total. The van der Waals surface area contributed by atoms with Gasteiger partial charge in [-0.3, -0.25) is 9.59 Å². The van der Waals surface area contributed by atoms with E-state index < -0.39 is 170 Å². The van der Waals surface area contributed by atoms with Crippen LogP contribution in [0, 0.1) is 34.5 Å². The van der Waals surface area contributed by atoms with Crippen LogP contribution in [0.5, 0.6) is 0 Å². The first-order valence-corrected chi connectivity index (χ1v) is 28.3. The van der Waals surface area contributed by atoms with Crippen LogP contribution >= 0.6 is 0 Å². The molecule has 22 heteroatoms. The van der Waals surface area contributed by atoms with Crippen molar-refractivity contribution in [2.75, 3.05) is 27.9 Å². The smallest absolute Gasteiger partial charge is 0.338 e. The second-order valence-electron chi connectivity index (χ2n) is 24.1. The van der Waals surface area contributed by atoms with E-state index in [1.54, 1.807) is 45.2 Å². The van der Waals surface area contributed by atoms with Crippen molar-refractivity contribution in [1.29, 1.82) is 0 Å². The number of Topliss-reactive ketones (excluding diaryl/α,β-unsaturated/α-hetero) is 1. The zero-order chi connectivity index (χ0) is 57.0. The van der Waals surface area contributed by atoms with E-state index >= 15 is 0 Å². The minimum atomic E-state index is -1.68. The van der Waals surface area contributed by atoms with Gasteiger partial charge in [-0.2, -0.15) is 0 Å². The number of fused-ring (bicyclic) bond motifs is 5. The van der Waals surface area contributed by atoms with Gasteiger partial charge in [0.1, 0.15) is 72.9 Å². The molecular weight excluding hydrogens is 1040 g/mol. The second-order valence-corrected chi connectivity index (χ2v) is 24.1. The molecule has 1 aromatic carbocycles. The Kier molecular flexibility index (Phi) is 18.8. The van der Waals surface area contributed by atoms with Crippen LogP contribution < -0.4 is 0 Å². The number of carbonyl (C=O) groups is 3. The van der Waals surface area contributed by atoms with Crippen LogP contribution in [-0.4, -0.2) is 211 Å². The molecule has 0 amide bonds. The number of aliphatic hydroxyl groups is 6. The Labute approximate surface area is 462 Å². The fourth-order valence-electron chi connectivity index (χ4n) is 15.7. The van der Waals surface area contributed by atoms with Gasteiger partial charge >= 0.3 is 11.9 Å². The Hall–Kier alpha value is -2.85. The highest BCUT2D eigenvalue weighted by molar-refractivity contribution is 5.89. The highest BCUT2D eigenvalue weighted by atomic mass is 16.8. The van der Waals surface area contributed by atoms with Crippen LogP contribution in [0.3, 0.4) is 0 Å². The minimum absolute atomic E-state index is 0.0809. The van der Waals surface area contributed by atoms with Gasteiger partial charge in [-0.25, -0.2) is 4.79 Å². The van der Waals surface area contributed by atoms with Gasteiger partial charge in [0.25, 0.3) is 0 Å². The maximum atomic E-state index is 14.1. The first-order valence-electron chi connectivity index (χ1n) is 28.3. The molecule has 28 unspecified atom stereocenters. The minimum Gasteiger partial charge on any atom is -0.458 e. The van der Waals surface area contributed by atoms with Gasteiger partial charge in [-0.1, -0.05) is 32.0 Å². The summed E-state index contributed by atoms with van der Waals surface area (Å²) < 4.78 is 81.1. The van der Waals surface area contributed by atoms with Gasteiger partial charge in [-0.05, 0) is 102 Å². The first-order chi connectivity index (χ1) is 37.5. The van der Waals surface area contributed by atoms with Crippen LogP contribution in [0.15, 0.2) is 30.3 Å². The molecular formula is C57H86O22. The lowest BCUT2D eigenvalue weighted by Crippen LogP contribution is -2.73. The van der Waals surface area contributed by atoms with Crippen molar-refractivity contribution in [3.8, 4) is 0 Å². The summed E-state index contributed by atoms with van der Waals surface area (Å²) in [6, 6.07) is 8.70. The highest BCUT2D eigenvalue weighted by Crippen LogP contribution is 2.70. The highest BCUT2D eigenvalue weighted by Gasteiger charge is 2.76. The van der Waals surface area contributed by atoms with Crippen molar-refractivity contribution in [3.05, 3.63) is 35.9 Å². The van der Waals surface area contributed by atoms with Crippen molar-refractivity contribution >= 4 is 17.7 Å². The van der Waals surface area contributed by atoms with E-state index in [1.807, 2.05) is 19.9 Å². The summed E-state index contributed by atoms with van der Waals surface area (Å²) in [5.74, 6) is -2.49. The Morgan fingerprint density at radius 3 is 1.85 bits per heavy atom. The van der Waals surface area contributed by atoms with Crippen molar-refractivity contribution in [3.63, 3.8) is 0 Å². The Bertz CT molecular complexity index is 2240. The third-order valence-electron chi connectivity index (χ3n) is 19.8. The molecule has 8 aliphatic rings. The van der Waals surface area contributed by atoms with Gasteiger partial charge in [0.2, 0.25) is 0 Å². The molecule has 4 aliphatic heterocycles. The number of esters is 2. The van der Waals surface area contributed by atoms with Crippen LogP contribution in [0.1, 0.15) is 117 Å². The number of hydrogen-bond donors (Lipinski definition) is 6. The molecule has 79 heavy (non-hydrogen) atoms. The number of hydrogen-bond acceptors (Lipinski definition) is 22. The van der Waals surface area contributed by atoms with Crippen LogP contribution in [-0.2, 0) is 71.2 Å². The maximum absolute atomic E-state index is 14.1. The number of aliphatic hydroxyl groups excluding tert-OH is 5. The predicted molar refractivity (Wildman–Crippen MR) is 273 cm³/mol. The molecule has 28 atom stereocenters. The topological polar surface area (TPSA) is 293 Å². The summed E-state index contributed by atoms with van der Waals surface area (Å²) in [7, 11) is 4.52. The summed E-state index contributed by atoms with van der Waals surface area (Å²) in [5.41, 5.74) is -2.69. The van der Waals surface area contributed by atoms with Gasteiger partial charge in [0.15, 0.2) is 25.2 Å². The normalized spacial score (nSPS) is 48.9. The van der Waals surface area contributed by atoms with Gasteiger partial charge in [0, 0.05) is 58.3 Å². The third kappa shape index (κ3) is 11.2. The predicted octanol–water partition coefficient (Wildman–Crippen LogP) is 2.49. The maximum Gasteiger partial charge on any atom is 0.338 e. The molecule has 1 aromatic rings. The van der Waals surface area contributed by atoms with Crippen molar-refractivity contribution < 1.29 is 107 Å². The fraction of sp³-hybridized carbons (Fsp3) is 0.842. The number of carbonyl (C=O) groups excluding carboxylic acids is 3. The summed E-state index contributed by atoms with van der Waals surface area (Å²) in [5, 5.41) is 65.6. The lowest BCUT2D eigenvalue weighted by Gasteiger charge is -2.66. The zero-order valence-corrected chi connectivity index (χ0v) is 47.1. The monoisotopic (exact) mass is 1120 g/mol. The van der Waals surface area contributed by atoms with E-state index in [0.717, 1.165) is 6.42 Å². The van der Waals surface area contributed by atoms with E-state index in [0.29, 0.717) is 50.5 Å². The van der Waals surface area contributed by atoms with Crippen LogP contribution in [0.25, 0.3) is 0 Å². The summed E-state index contributed by atoms with van der Waals surface area (Å²) >= 11 is 0. The first kappa shape index (κ1) is 60.7. The number of rotatable bonds is 16. The van der Waals surface area contributed by atoms with E-state index in [-0.39, 0.29) is 30.1 Å². The molecule has 4 aliphatic carbocycles. The van der Waals surface area contributed by atoms with Crippen molar-refractivity contribution in [2.45, 2.75) is 241 Å². The van der Waals surface area contributed by atoms with E-state index in [2.05, 4.69) is 6.92 Å². The van der Waals surface area contributed by atoms with Gasteiger partial charge in [-0.15, -0.1) is 0 Å². The van der Waals surface area contributed by atoms with Gasteiger partial charge in [0.05, 0.1) is 54.4 Å². The van der Waals surface area contributed by atoms with Gasteiger partial charge < -0.3 is 92.2 Å². The quantitative estimate of drug-likeness (QED) is 0.102. The molecule has 446 valence electrons. The number of methoxy groups -OCH3 is 3. The Morgan fingerprint density at radius 2 is 1.24 bits per heavy atom. The molecule has 8 fully saturated rings. The fourth-order valence-corrected chi connectivity index (χ4v) is 15.7. The Balaban J connectivity index is 0.829. The van der Waals surface area contributed by atoms with E-state index in [9.17, 15) is 45.0 Å². The average molecular weight is 1120 g/mol. The molecule has 4 saturated heterocycles. The third-order valence-corrected chi connectivity index (χ3v) is 19.8. The standard InChI is InChI=1S/C57H86O22/c1-26(59)34-19-21-57(66)35-17-16-32-22-33(18-20-55(32,6)41(35)49(51(56(34,57)7)73-30(5)60)77-52(65)31-14-12-11-13-15-31)74-39-23-36(67-8)46(27(2)70-39)76-40-24-37(68-9)47(28(3)71-40)78-54-45(64)50(69-10)48(29(4)72-54)79-53-44(63)43(62)42(61)38(25-58)75-53/h11-15,27-29,32-51,53-54,58,61-64,66H,16-25H2,1-10H3.